The summed E-state index contributed by atoms with van der Waals surface area (Å²) < 4.78 is 24.6. The SMILES string of the molecule is O=C(COc1ccc(Cl)c(F)c1)NC1CC2([C@H]3CN(CC4CCC4)C(=O)O3)CCC12. The Morgan fingerprint density at radius 2 is 2.20 bits per heavy atom. The second-order valence-electron chi connectivity index (χ2n) is 9.20. The Bertz CT molecular complexity index is 864. The summed E-state index contributed by atoms with van der Waals surface area (Å²) in [5.41, 5.74) is 0.0160. The molecule has 1 heterocycles. The largest absolute Gasteiger partial charge is 0.484 e. The van der Waals surface area contributed by atoms with E-state index in [1.54, 1.807) is 0 Å². The van der Waals surface area contributed by atoms with Gasteiger partial charge in [0, 0.05) is 24.1 Å². The van der Waals surface area contributed by atoms with E-state index in [9.17, 15) is 14.0 Å². The molecule has 4 aliphatic rings. The lowest BCUT2D eigenvalue weighted by Gasteiger charge is -2.64. The lowest BCUT2D eigenvalue weighted by Crippen LogP contribution is -2.69. The van der Waals surface area contributed by atoms with Crippen LogP contribution in [0.4, 0.5) is 9.18 Å². The lowest BCUT2D eigenvalue weighted by molar-refractivity contribution is -0.173. The fourth-order valence-electron chi connectivity index (χ4n) is 5.52. The van der Waals surface area contributed by atoms with Crippen molar-refractivity contribution in [2.75, 3.05) is 19.7 Å². The summed E-state index contributed by atoms with van der Waals surface area (Å²) >= 11 is 5.65. The fraction of sp³-hybridized carbons (Fsp3) is 0.636. The molecule has 2 amide bonds. The molecular formula is C22H26ClFN2O4. The summed E-state index contributed by atoms with van der Waals surface area (Å²) in [6, 6.07) is 4.18. The molecule has 0 bridgehead atoms. The number of benzene rings is 1. The topological polar surface area (TPSA) is 67.9 Å². The van der Waals surface area contributed by atoms with E-state index in [1.807, 2.05) is 4.90 Å². The maximum atomic E-state index is 13.5. The molecule has 0 aromatic heterocycles. The predicted molar refractivity (Wildman–Crippen MR) is 108 cm³/mol. The molecule has 3 aliphatic carbocycles. The minimum atomic E-state index is -0.578. The molecule has 1 aromatic carbocycles. The van der Waals surface area contributed by atoms with Gasteiger partial charge in [-0.1, -0.05) is 18.0 Å². The van der Waals surface area contributed by atoms with Gasteiger partial charge < -0.3 is 19.7 Å². The first kappa shape index (κ1) is 19.9. The Balaban J connectivity index is 1.11. The monoisotopic (exact) mass is 436 g/mol. The summed E-state index contributed by atoms with van der Waals surface area (Å²) in [6.07, 6.45) is 6.34. The third-order valence-electron chi connectivity index (χ3n) is 7.58. The second kappa shape index (κ2) is 7.59. The standard InChI is InChI=1S/C22H26ClFN2O4/c23-16-5-4-14(8-17(16)24)29-12-20(27)25-18-9-22(7-6-15(18)22)19-11-26(21(28)30-19)10-13-2-1-3-13/h4-5,8,13,15,18-19H,1-3,6-7,9-12H2,(H,25,27)/t15?,18?,19-,22?/m1/s1. The quantitative estimate of drug-likeness (QED) is 0.706. The van der Waals surface area contributed by atoms with E-state index in [4.69, 9.17) is 21.1 Å². The van der Waals surface area contributed by atoms with Gasteiger partial charge in [-0.2, -0.15) is 0 Å². The van der Waals surface area contributed by atoms with Crippen LogP contribution in [-0.2, 0) is 9.53 Å². The smallest absolute Gasteiger partial charge is 0.410 e. The van der Waals surface area contributed by atoms with Crippen molar-refractivity contribution in [3.63, 3.8) is 0 Å². The van der Waals surface area contributed by atoms with Crippen molar-refractivity contribution in [3.05, 3.63) is 29.0 Å². The minimum absolute atomic E-state index is 0.0152. The molecule has 1 aromatic rings. The Labute approximate surface area is 180 Å². The number of cyclic esters (lactones) is 1. The Morgan fingerprint density at radius 1 is 1.37 bits per heavy atom. The Kier molecular flexibility index (Phi) is 5.04. The van der Waals surface area contributed by atoms with Gasteiger partial charge in [-0.3, -0.25) is 4.79 Å². The van der Waals surface area contributed by atoms with Crippen LogP contribution in [0, 0.1) is 23.1 Å². The highest BCUT2D eigenvalue weighted by atomic mass is 35.5. The number of fused-ring (bicyclic) bond motifs is 1. The van der Waals surface area contributed by atoms with Crippen molar-refractivity contribution < 1.29 is 23.5 Å². The van der Waals surface area contributed by atoms with Gasteiger partial charge in [0.1, 0.15) is 17.7 Å². The number of amides is 2. The zero-order valence-electron chi connectivity index (χ0n) is 16.7. The number of hydrogen-bond acceptors (Lipinski definition) is 4. The molecule has 0 radical (unpaired) electrons. The van der Waals surface area contributed by atoms with E-state index >= 15 is 0 Å². The lowest BCUT2D eigenvalue weighted by atomic mass is 9.43. The molecule has 6 nitrogen and oxygen atoms in total. The predicted octanol–water partition coefficient (Wildman–Crippen LogP) is 3.76. The van der Waals surface area contributed by atoms with Crippen LogP contribution >= 0.6 is 11.6 Å². The Morgan fingerprint density at radius 3 is 2.83 bits per heavy atom. The van der Waals surface area contributed by atoms with E-state index < -0.39 is 5.82 Å². The van der Waals surface area contributed by atoms with Crippen molar-refractivity contribution >= 4 is 23.6 Å². The van der Waals surface area contributed by atoms with Crippen molar-refractivity contribution in [2.45, 2.75) is 50.7 Å². The molecule has 1 aliphatic heterocycles. The van der Waals surface area contributed by atoms with Crippen LogP contribution in [0.15, 0.2) is 18.2 Å². The van der Waals surface area contributed by atoms with E-state index in [1.165, 1.54) is 37.5 Å². The molecular weight excluding hydrogens is 411 g/mol. The first-order chi connectivity index (χ1) is 14.4. The van der Waals surface area contributed by atoms with Crippen molar-refractivity contribution in [1.29, 1.82) is 0 Å². The normalized spacial score (nSPS) is 32.4. The van der Waals surface area contributed by atoms with Crippen molar-refractivity contribution in [3.8, 4) is 5.75 Å². The number of carbonyl (C=O) groups is 2. The zero-order valence-corrected chi connectivity index (χ0v) is 17.5. The molecule has 0 spiro atoms. The highest BCUT2D eigenvalue weighted by Gasteiger charge is 2.66. The van der Waals surface area contributed by atoms with Gasteiger partial charge in [-0.05, 0) is 56.1 Å². The maximum absolute atomic E-state index is 13.5. The summed E-state index contributed by atoms with van der Waals surface area (Å²) in [6.45, 7) is 1.32. The first-order valence-corrected chi connectivity index (χ1v) is 11.2. The minimum Gasteiger partial charge on any atom is -0.484 e. The average molecular weight is 437 g/mol. The van der Waals surface area contributed by atoms with Crippen LogP contribution in [0.5, 0.6) is 5.75 Å². The van der Waals surface area contributed by atoms with Gasteiger partial charge in [-0.15, -0.1) is 0 Å². The van der Waals surface area contributed by atoms with Crippen LogP contribution < -0.4 is 10.1 Å². The molecule has 8 heteroatoms. The Hall–Kier alpha value is -2.02. The van der Waals surface area contributed by atoms with Gasteiger partial charge >= 0.3 is 6.09 Å². The van der Waals surface area contributed by atoms with E-state index in [-0.39, 0.29) is 46.9 Å². The summed E-state index contributed by atoms with van der Waals surface area (Å²) in [5, 5.41) is 3.04. The first-order valence-electron chi connectivity index (χ1n) is 10.8. The van der Waals surface area contributed by atoms with Gasteiger partial charge in [0.25, 0.3) is 5.91 Å². The third kappa shape index (κ3) is 3.41. The van der Waals surface area contributed by atoms with Crippen LogP contribution in [0.2, 0.25) is 5.02 Å². The molecule has 5 rings (SSSR count). The summed E-state index contributed by atoms with van der Waals surface area (Å²) in [5.74, 6) is 0.434. The van der Waals surface area contributed by atoms with Gasteiger partial charge in [-0.25, -0.2) is 9.18 Å². The highest BCUT2D eigenvalue weighted by molar-refractivity contribution is 6.30. The number of rotatable bonds is 7. The zero-order chi connectivity index (χ0) is 20.9. The summed E-state index contributed by atoms with van der Waals surface area (Å²) in [7, 11) is 0. The number of halogens is 2. The fourth-order valence-corrected chi connectivity index (χ4v) is 5.64. The molecule has 1 N–H and O–H groups in total. The molecule has 4 fully saturated rings. The van der Waals surface area contributed by atoms with E-state index in [0.717, 1.165) is 25.8 Å². The van der Waals surface area contributed by atoms with Crippen LogP contribution in [0.25, 0.3) is 0 Å². The van der Waals surface area contributed by atoms with Crippen molar-refractivity contribution in [2.24, 2.45) is 17.3 Å². The number of nitrogens with one attached hydrogen (secondary N) is 1. The number of carbonyl (C=O) groups excluding carboxylic acids is 2. The number of nitrogens with zero attached hydrogens (tertiary/aromatic N) is 1. The molecule has 3 saturated carbocycles. The molecule has 30 heavy (non-hydrogen) atoms. The van der Waals surface area contributed by atoms with Gasteiger partial charge in [0.05, 0.1) is 11.6 Å². The number of ether oxygens (including phenoxy) is 2. The molecule has 3 unspecified atom stereocenters. The van der Waals surface area contributed by atoms with E-state index in [0.29, 0.717) is 18.4 Å². The van der Waals surface area contributed by atoms with Crippen LogP contribution in [-0.4, -0.2) is 48.7 Å². The van der Waals surface area contributed by atoms with Gasteiger partial charge in [0.2, 0.25) is 0 Å². The third-order valence-corrected chi connectivity index (χ3v) is 7.89. The second-order valence-corrected chi connectivity index (χ2v) is 9.60. The molecule has 162 valence electrons. The average Bonchev–Trinajstić information content (AvgIpc) is 3.03. The van der Waals surface area contributed by atoms with E-state index in [2.05, 4.69) is 5.32 Å². The number of hydrogen-bond donors (Lipinski definition) is 1. The van der Waals surface area contributed by atoms with Crippen LogP contribution in [0.1, 0.15) is 38.5 Å². The molecule has 1 saturated heterocycles. The van der Waals surface area contributed by atoms with Gasteiger partial charge in [0.15, 0.2) is 6.61 Å². The van der Waals surface area contributed by atoms with Crippen LogP contribution in [0.3, 0.4) is 0 Å². The van der Waals surface area contributed by atoms with Crippen molar-refractivity contribution in [1.82, 2.24) is 10.2 Å². The highest BCUT2D eigenvalue weighted by Crippen LogP contribution is 2.64. The molecule has 4 atom stereocenters. The summed E-state index contributed by atoms with van der Waals surface area (Å²) in [4.78, 5) is 26.5. The maximum Gasteiger partial charge on any atom is 0.410 e.